The first-order valence-corrected chi connectivity index (χ1v) is 6.78. The summed E-state index contributed by atoms with van der Waals surface area (Å²) < 4.78 is 0. The van der Waals surface area contributed by atoms with Gasteiger partial charge in [-0.15, -0.1) is 5.01 Å². The number of nitrogens with zero attached hydrogens (tertiary/aromatic N) is 3. The molecule has 1 N–H and O–H groups in total. The highest BCUT2D eigenvalue weighted by molar-refractivity contribution is 6.07. The second-order valence-electron chi connectivity index (χ2n) is 5.04. The van der Waals surface area contributed by atoms with Crippen molar-refractivity contribution in [3.63, 3.8) is 0 Å². The first-order chi connectivity index (χ1) is 10.6. The first-order valence-electron chi connectivity index (χ1n) is 6.78. The van der Waals surface area contributed by atoms with Gasteiger partial charge in [0.2, 0.25) is 0 Å². The number of pyridine rings is 1. The predicted molar refractivity (Wildman–Crippen MR) is 81.0 cm³/mol. The molecule has 6 heteroatoms. The van der Waals surface area contributed by atoms with E-state index in [0.717, 1.165) is 5.01 Å². The molecule has 1 fully saturated rings. The van der Waals surface area contributed by atoms with Crippen molar-refractivity contribution in [1.29, 1.82) is 0 Å². The molecule has 1 atom stereocenters. The molecule has 6 nitrogen and oxygen atoms in total. The fourth-order valence-electron chi connectivity index (χ4n) is 2.27. The van der Waals surface area contributed by atoms with Crippen LogP contribution in [0.4, 0.5) is 4.79 Å². The molecule has 1 aromatic carbocycles. The van der Waals surface area contributed by atoms with Gasteiger partial charge in [-0.1, -0.05) is 36.4 Å². The highest BCUT2D eigenvalue weighted by atomic mass is 16.2. The molecular weight excluding hydrogens is 280 g/mol. The van der Waals surface area contributed by atoms with Gasteiger partial charge in [-0.2, -0.15) is 5.10 Å². The zero-order chi connectivity index (χ0) is 15.6. The molecule has 0 aliphatic carbocycles. The zero-order valence-corrected chi connectivity index (χ0v) is 11.9. The van der Waals surface area contributed by atoms with E-state index >= 15 is 0 Å². The van der Waals surface area contributed by atoms with Crippen LogP contribution in [0.5, 0.6) is 0 Å². The van der Waals surface area contributed by atoms with Crippen molar-refractivity contribution in [2.45, 2.75) is 12.5 Å². The van der Waals surface area contributed by atoms with Gasteiger partial charge in [0.1, 0.15) is 5.54 Å². The normalized spacial score (nSPS) is 21.4. The number of hydrogen-bond acceptors (Lipinski definition) is 4. The lowest BCUT2D eigenvalue weighted by molar-refractivity contribution is -0.131. The first kappa shape index (κ1) is 13.9. The van der Waals surface area contributed by atoms with Crippen LogP contribution < -0.4 is 5.32 Å². The van der Waals surface area contributed by atoms with E-state index in [2.05, 4.69) is 15.4 Å². The summed E-state index contributed by atoms with van der Waals surface area (Å²) in [5.41, 5.74) is 0.167. The Hall–Kier alpha value is -3.02. The summed E-state index contributed by atoms with van der Waals surface area (Å²) >= 11 is 0. The zero-order valence-electron chi connectivity index (χ0n) is 11.9. The molecule has 2 heterocycles. The number of imide groups is 1. The smallest absolute Gasteiger partial charge is 0.318 e. The van der Waals surface area contributed by atoms with Crippen LogP contribution >= 0.6 is 0 Å². The standard InChI is InChI=1S/C16H14N4O2/c1-16(12-7-3-2-4-8-12)14(21)20(15(22)19-16)18-11-13-9-5-6-10-17-13/h2-11H,1H3,(H,19,22)/b18-11-/t16-/m1/s1. The molecule has 22 heavy (non-hydrogen) atoms. The van der Waals surface area contributed by atoms with Crippen molar-refractivity contribution in [3.8, 4) is 0 Å². The lowest BCUT2D eigenvalue weighted by atomic mass is 9.92. The molecule has 1 aliphatic heterocycles. The van der Waals surface area contributed by atoms with Crippen LogP contribution in [0.1, 0.15) is 18.2 Å². The van der Waals surface area contributed by atoms with Gasteiger partial charge in [-0.05, 0) is 24.6 Å². The molecule has 0 unspecified atom stereocenters. The molecule has 1 aliphatic rings. The number of amides is 3. The van der Waals surface area contributed by atoms with Crippen LogP contribution in [0, 0.1) is 0 Å². The van der Waals surface area contributed by atoms with Crippen molar-refractivity contribution in [3.05, 3.63) is 66.0 Å². The Balaban J connectivity index is 1.88. The summed E-state index contributed by atoms with van der Waals surface area (Å²) in [5, 5.41) is 7.48. The predicted octanol–water partition coefficient (Wildman–Crippen LogP) is 1.88. The minimum absolute atomic E-state index is 0.420. The van der Waals surface area contributed by atoms with Gasteiger partial charge >= 0.3 is 6.03 Å². The number of benzene rings is 1. The largest absolute Gasteiger partial charge is 0.346 e. The van der Waals surface area contributed by atoms with E-state index in [1.807, 2.05) is 18.2 Å². The molecule has 0 saturated carbocycles. The summed E-state index contributed by atoms with van der Waals surface area (Å²) in [7, 11) is 0. The van der Waals surface area contributed by atoms with Crippen LogP contribution in [-0.4, -0.2) is 28.1 Å². The van der Waals surface area contributed by atoms with Gasteiger partial charge in [0, 0.05) is 6.20 Å². The Morgan fingerprint density at radius 1 is 1.14 bits per heavy atom. The molecule has 3 amide bonds. The fourth-order valence-corrected chi connectivity index (χ4v) is 2.27. The summed E-state index contributed by atoms with van der Waals surface area (Å²) in [6.07, 6.45) is 3.00. The SMILES string of the molecule is C[C@]1(c2ccccc2)NC(=O)N(/N=C\c2ccccn2)C1=O. The molecule has 1 aromatic heterocycles. The average molecular weight is 294 g/mol. The van der Waals surface area contributed by atoms with Gasteiger partial charge in [0.25, 0.3) is 5.91 Å². The molecule has 0 radical (unpaired) electrons. The van der Waals surface area contributed by atoms with Crippen molar-refractivity contribution >= 4 is 18.2 Å². The summed E-state index contributed by atoms with van der Waals surface area (Å²) in [5.74, 6) is -0.420. The molecular formula is C16H14N4O2. The van der Waals surface area contributed by atoms with Crippen molar-refractivity contribution in [2.24, 2.45) is 5.10 Å². The maximum Gasteiger partial charge on any atom is 0.346 e. The Morgan fingerprint density at radius 3 is 2.55 bits per heavy atom. The highest BCUT2D eigenvalue weighted by Gasteiger charge is 2.49. The minimum Gasteiger partial charge on any atom is -0.318 e. The monoisotopic (exact) mass is 294 g/mol. The fraction of sp³-hybridized carbons (Fsp3) is 0.125. The lowest BCUT2D eigenvalue weighted by Crippen LogP contribution is -2.40. The third-order valence-electron chi connectivity index (χ3n) is 3.51. The molecule has 3 rings (SSSR count). The van der Waals surface area contributed by atoms with E-state index in [9.17, 15) is 9.59 Å². The van der Waals surface area contributed by atoms with Gasteiger partial charge in [0.05, 0.1) is 11.9 Å². The Labute approximate surface area is 127 Å². The van der Waals surface area contributed by atoms with Crippen molar-refractivity contribution in [2.75, 3.05) is 0 Å². The third-order valence-corrected chi connectivity index (χ3v) is 3.51. The molecule has 1 saturated heterocycles. The second-order valence-corrected chi connectivity index (χ2v) is 5.04. The minimum atomic E-state index is -1.11. The quantitative estimate of drug-likeness (QED) is 0.694. The Bertz CT molecular complexity index is 730. The van der Waals surface area contributed by atoms with E-state index in [1.54, 1.807) is 43.5 Å². The van der Waals surface area contributed by atoms with Crippen LogP contribution in [0.2, 0.25) is 0 Å². The van der Waals surface area contributed by atoms with E-state index in [-0.39, 0.29) is 0 Å². The number of carbonyl (C=O) groups is 2. The Morgan fingerprint density at radius 2 is 1.86 bits per heavy atom. The number of carbonyl (C=O) groups excluding carboxylic acids is 2. The number of rotatable bonds is 3. The molecule has 2 aromatic rings. The van der Waals surface area contributed by atoms with Crippen LogP contribution in [0.25, 0.3) is 0 Å². The maximum absolute atomic E-state index is 12.6. The maximum atomic E-state index is 12.6. The number of urea groups is 1. The van der Waals surface area contributed by atoms with Crippen molar-refractivity contribution < 1.29 is 9.59 Å². The van der Waals surface area contributed by atoms with Gasteiger partial charge < -0.3 is 5.32 Å². The topological polar surface area (TPSA) is 74.7 Å². The van der Waals surface area contributed by atoms with E-state index in [4.69, 9.17) is 0 Å². The van der Waals surface area contributed by atoms with Gasteiger partial charge in [0.15, 0.2) is 0 Å². The van der Waals surface area contributed by atoms with Crippen LogP contribution in [0.15, 0.2) is 59.8 Å². The summed E-state index contributed by atoms with van der Waals surface area (Å²) in [6.45, 7) is 1.67. The van der Waals surface area contributed by atoms with Gasteiger partial charge in [-0.25, -0.2) is 4.79 Å². The van der Waals surface area contributed by atoms with E-state index < -0.39 is 17.5 Å². The molecule has 110 valence electrons. The van der Waals surface area contributed by atoms with Crippen LogP contribution in [-0.2, 0) is 10.3 Å². The Kier molecular flexibility index (Phi) is 3.42. The van der Waals surface area contributed by atoms with Crippen LogP contribution in [0.3, 0.4) is 0 Å². The summed E-state index contributed by atoms with van der Waals surface area (Å²) in [4.78, 5) is 28.7. The lowest BCUT2D eigenvalue weighted by Gasteiger charge is -2.20. The van der Waals surface area contributed by atoms with Gasteiger partial charge in [-0.3, -0.25) is 9.78 Å². The molecule has 0 bridgehead atoms. The van der Waals surface area contributed by atoms with Crippen molar-refractivity contribution in [1.82, 2.24) is 15.3 Å². The highest BCUT2D eigenvalue weighted by Crippen LogP contribution is 2.28. The van der Waals surface area contributed by atoms with E-state index in [0.29, 0.717) is 11.3 Å². The number of aromatic nitrogens is 1. The van der Waals surface area contributed by atoms with E-state index in [1.165, 1.54) is 6.21 Å². The number of hydrogen-bond donors (Lipinski definition) is 1. The number of nitrogens with one attached hydrogen (secondary N) is 1. The second kappa shape index (κ2) is 5.40. The summed E-state index contributed by atoms with van der Waals surface area (Å²) in [6, 6.07) is 13.8. The third kappa shape index (κ3) is 2.35. The number of hydrazone groups is 1. The average Bonchev–Trinajstić information content (AvgIpc) is 2.78. The molecule has 0 spiro atoms.